The lowest BCUT2D eigenvalue weighted by molar-refractivity contribution is -0.219. The highest BCUT2D eigenvalue weighted by atomic mass is 16.7. The molecule has 0 amide bonds. The van der Waals surface area contributed by atoms with Crippen LogP contribution in [0.2, 0.25) is 0 Å². The molecular weight excluding hydrogens is 248 g/mol. The van der Waals surface area contributed by atoms with Gasteiger partial charge in [-0.2, -0.15) is 0 Å². The van der Waals surface area contributed by atoms with Gasteiger partial charge in [-0.15, -0.1) is 0 Å². The summed E-state index contributed by atoms with van der Waals surface area (Å²) >= 11 is 0. The average molecular weight is 272 g/mol. The van der Waals surface area contributed by atoms with E-state index < -0.39 is 17.7 Å². The summed E-state index contributed by atoms with van der Waals surface area (Å²) in [4.78, 5) is 22.6. The Morgan fingerprint density at radius 2 is 2.05 bits per heavy atom. The molecule has 0 spiro atoms. The van der Waals surface area contributed by atoms with E-state index in [1.54, 1.807) is 0 Å². The SMILES string of the molecule is C=CC(=O)OC(C)(O)C(=O)OCC(CC)CCCC. The van der Waals surface area contributed by atoms with Crippen LogP contribution in [0.25, 0.3) is 0 Å². The molecule has 5 heteroatoms. The smallest absolute Gasteiger partial charge is 0.379 e. The van der Waals surface area contributed by atoms with Gasteiger partial charge >= 0.3 is 17.7 Å². The van der Waals surface area contributed by atoms with E-state index in [2.05, 4.69) is 18.2 Å². The molecule has 110 valence electrons. The normalized spacial score (nSPS) is 15.2. The molecule has 0 aliphatic heterocycles. The molecule has 0 heterocycles. The number of esters is 2. The number of hydrogen-bond acceptors (Lipinski definition) is 5. The standard InChI is InChI=1S/C14H24O5/c1-5-8-9-11(6-2)10-18-13(16)14(4,17)19-12(15)7-3/h7,11,17H,3,5-6,8-10H2,1-2,4H3. The van der Waals surface area contributed by atoms with Crippen molar-refractivity contribution in [2.45, 2.75) is 52.2 Å². The second kappa shape index (κ2) is 8.69. The molecule has 0 rings (SSSR count). The van der Waals surface area contributed by atoms with Crippen LogP contribution in [0.3, 0.4) is 0 Å². The van der Waals surface area contributed by atoms with Crippen molar-refractivity contribution < 1.29 is 24.2 Å². The van der Waals surface area contributed by atoms with Crippen molar-refractivity contribution >= 4 is 11.9 Å². The lowest BCUT2D eigenvalue weighted by atomic mass is 10.0. The maximum atomic E-state index is 11.6. The number of carbonyl (C=O) groups excluding carboxylic acids is 2. The second-order valence-corrected chi connectivity index (χ2v) is 4.62. The minimum atomic E-state index is -2.27. The van der Waals surface area contributed by atoms with Gasteiger partial charge in [0.05, 0.1) is 6.61 Å². The van der Waals surface area contributed by atoms with E-state index in [1.165, 1.54) is 0 Å². The molecule has 0 aliphatic carbocycles. The molecule has 0 saturated carbocycles. The third kappa shape index (κ3) is 6.96. The van der Waals surface area contributed by atoms with Crippen molar-refractivity contribution in [1.29, 1.82) is 0 Å². The Balaban J connectivity index is 4.27. The Bertz CT molecular complexity index is 309. The molecule has 0 aromatic heterocycles. The molecule has 0 fully saturated rings. The van der Waals surface area contributed by atoms with Crippen LogP contribution in [0, 0.1) is 5.92 Å². The van der Waals surface area contributed by atoms with Gasteiger partial charge in [0, 0.05) is 13.0 Å². The summed E-state index contributed by atoms with van der Waals surface area (Å²) in [5.41, 5.74) is 0. The van der Waals surface area contributed by atoms with E-state index in [9.17, 15) is 14.7 Å². The fraction of sp³-hybridized carbons (Fsp3) is 0.714. The summed E-state index contributed by atoms with van der Waals surface area (Å²) in [6.07, 6.45) is 4.88. The first-order valence-corrected chi connectivity index (χ1v) is 6.62. The number of ether oxygens (including phenoxy) is 2. The summed E-state index contributed by atoms with van der Waals surface area (Å²) < 4.78 is 9.52. The van der Waals surface area contributed by atoms with Gasteiger partial charge in [0.25, 0.3) is 0 Å². The Morgan fingerprint density at radius 3 is 2.53 bits per heavy atom. The Hall–Kier alpha value is -1.36. The lowest BCUT2D eigenvalue weighted by Crippen LogP contribution is -2.41. The molecule has 5 nitrogen and oxygen atoms in total. The van der Waals surface area contributed by atoms with Crippen LogP contribution < -0.4 is 0 Å². The average Bonchev–Trinajstić information content (AvgIpc) is 2.37. The quantitative estimate of drug-likeness (QED) is 0.395. The van der Waals surface area contributed by atoms with Crippen LogP contribution in [0.1, 0.15) is 46.5 Å². The summed E-state index contributed by atoms with van der Waals surface area (Å²) in [6.45, 7) is 8.59. The van der Waals surface area contributed by atoms with Crippen molar-refractivity contribution in [3.63, 3.8) is 0 Å². The zero-order chi connectivity index (χ0) is 14.9. The molecule has 19 heavy (non-hydrogen) atoms. The van der Waals surface area contributed by atoms with Gasteiger partial charge in [0.15, 0.2) is 0 Å². The van der Waals surface area contributed by atoms with Gasteiger partial charge in [-0.3, -0.25) is 0 Å². The topological polar surface area (TPSA) is 72.8 Å². The zero-order valence-electron chi connectivity index (χ0n) is 12.0. The number of unbranched alkanes of at least 4 members (excludes halogenated alkanes) is 1. The van der Waals surface area contributed by atoms with Crippen LogP contribution in [0.15, 0.2) is 12.7 Å². The largest absolute Gasteiger partial charge is 0.461 e. The first-order valence-electron chi connectivity index (χ1n) is 6.62. The summed E-state index contributed by atoms with van der Waals surface area (Å²) in [5.74, 6) is -3.85. The molecule has 0 radical (unpaired) electrons. The van der Waals surface area contributed by atoms with Crippen LogP contribution >= 0.6 is 0 Å². The highest BCUT2D eigenvalue weighted by molar-refractivity contribution is 5.86. The number of hydrogen-bond donors (Lipinski definition) is 1. The summed E-state index contributed by atoms with van der Waals surface area (Å²) in [5, 5.41) is 9.68. The minimum absolute atomic E-state index is 0.219. The van der Waals surface area contributed by atoms with Crippen LogP contribution in [-0.4, -0.2) is 29.4 Å². The Labute approximate surface area is 114 Å². The third-order valence-electron chi connectivity index (χ3n) is 2.84. The molecule has 0 aliphatic rings. The van der Waals surface area contributed by atoms with Crippen LogP contribution in [0.5, 0.6) is 0 Å². The molecule has 1 N–H and O–H groups in total. The van der Waals surface area contributed by atoms with Crippen molar-refractivity contribution in [3.05, 3.63) is 12.7 Å². The van der Waals surface area contributed by atoms with Gasteiger partial charge in [-0.1, -0.05) is 39.7 Å². The first kappa shape index (κ1) is 17.6. The summed E-state index contributed by atoms with van der Waals surface area (Å²) in [7, 11) is 0. The van der Waals surface area contributed by atoms with Crippen LogP contribution in [0.4, 0.5) is 0 Å². The maximum absolute atomic E-state index is 11.6. The van der Waals surface area contributed by atoms with Gasteiger partial charge in [0.2, 0.25) is 0 Å². The van der Waals surface area contributed by atoms with Gasteiger partial charge < -0.3 is 14.6 Å². The molecule has 0 saturated heterocycles. The van der Waals surface area contributed by atoms with Crippen LogP contribution in [-0.2, 0) is 19.1 Å². The van der Waals surface area contributed by atoms with Gasteiger partial charge in [-0.25, -0.2) is 9.59 Å². The minimum Gasteiger partial charge on any atom is -0.461 e. The lowest BCUT2D eigenvalue weighted by Gasteiger charge is -2.22. The Morgan fingerprint density at radius 1 is 1.42 bits per heavy atom. The van der Waals surface area contributed by atoms with E-state index in [4.69, 9.17) is 4.74 Å². The van der Waals surface area contributed by atoms with E-state index >= 15 is 0 Å². The number of rotatable bonds is 9. The predicted octanol–water partition coefficient (Wildman–Crippen LogP) is 2.18. The highest BCUT2D eigenvalue weighted by Crippen LogP contribution is 2.15. The molecular formula is C14H24O5. The van der Waals surface area contributed by atoms with E-state index in [0.29, 0.717) is 0 Å². The van der Waals surface area contributed by atoms with Crippen molar-refractivity contribution in [2.24, 2.45) is 5.92 Å². The maximum Gasteiger partial charge on any atom is 0.379 e. The fourth-order valence-electron chi connectivity index (χ4n) is 1.50. The second-order valence-electron chi connectivity index (χ2n) is 4.62. The third-order valence-corrected chi connectivity index (χ3v) is 2.84. The van der Waals surface area contributed by atoms with Gasteiger partial charge in [0.1, 0.15) is 0 Å². The van der Waals surface area contributed by atoms with Crippen molar-refractivity contribution in [2.75, 3.05) is 6.61 Å². The monoisotopic (exact) mass is 272 g/mol. The number of aliphatic hydroxyl groups is 1. The fourth-order valence-corrected chi connectivity index (χ4v) is 1.50. The Kier molecular flexibility index (Phi) is 8.07. The van der Waals surface area contributed by atoms with Crippen molar-refractivity contribution in [3.8, 4) is 0 Å². The van der Waals surface area contributed by atoms with E-state index in [0.717, 1.165) is 38.7 Å². The molecule has 0 bridgehead atoms. The number of carbonyl (C=O) groups is 2. The predicted molar refractivity (Wildman–Crippen MR) is 71.2 cm³/mol. The molecule has 2 atom stereocenters. The van der Waals surface area contributed by atoms with E-state index in [-0.39, 0.29) is 12.5 Å². The highest BCUT2D eigenvalue weighted by Gasteiger charge is 2.36. The zero-order valence-corrected chi connectivity index (χ0v) is 12.0. The molecule has 0 aromatic rings. The van der Waals surface area contributed by atoms with E-state index in [1.807, 2.05) is 6.92 Å². The van der Waals surface area contributed by atoms with Gasteiger partial charge in [-0.05, 0) is 12.3 Å². The molecule has 2 unspecified atom stereocenters. The first-order chi connectivity index (χ1) is 8.87. The molecule has 0 aromatic carbocycles. The van der Waals surface area contributed by atoms with Crippen molar-refractivity contribution in [1.82, 2.24) is 0 Å². The summed E-state index contributed by atoms with van der Waals surface area (Å²) in [6, 6.07) is 0.